The zero-order valence-corrected chi connectivity index (χ0v) is 13.6. The molecule has 0 saturated heterocycles. The van der Waals surface area contributed by atoms with Gasteiger partial charge in [-0.15, -0.1) is 0 Å². The van der Waals surface area contributed by atoms with E-state index in [4.69, 9.17) is 0 Å². The maximum absolute atomic E-state index is 12.3. The Morgan fingerprint density at radius 3 is 2.23 bits per heavy atom. The minimum Gasteiger partial charge on any atom is -0.349 e. The molecule has 5 nitrogen and oxygen atoms in total. The summed E-state index contributed by atoms with van der Waals surface area (Å²) < 4.78 is 0. The zero-order chi connectivity index (χ0) is 16.2. The Morgan fingerprint density at radius 2 is 1.64 bits per heavy atom. The molecular weight excluding hydrogens is 278 g/mol. The summed E-state index contributed by atoms with van der Waals surface area (Å²) in [6.45, 7) is 5.74. The van der Waals surface area contributed by atoms with E-state index in [-0.39, 0.29) is 23.4 Å². The number of aromatic nitrogens is 1. The predicted molar refractivity (Wildman–Crippen MR) is 85.8 cm³/mol. The number of carbonyl (C=O) groups is 2. The quantitative estimate of drug-likeness (QED) is 0.902. The van der Waals surface area contributed by atoms with Crippen molar-refractivity contribution in [2.75, 3.05) is 0 Å². The van der Waals surface area contributed by atoms with Gasteiger partial charge in [0.2, 0.25) is 0 Å². The number of carbonyl (C=O) groups excluding carboxylic acids is 2. The lowest BCUT2D eigenvalue weighted by atomic mass is 9.95. The molecule has 2 amide bonds. The molecule has 22 heavy (non-hydrogen) atoms. The Hall–Kier alpha value is -1.91. The summed E-state index contributed by atoms with van der Waals surface area (Å²) in [5, 5.41) is 5.91. The van der Waals surface area contributed by atoms with E-state index in [0.717, 1.165) is 25.7 Å². The van der Waals surface area contributed by atoms with Crippen molar-refractivity contribution in [2.45, 2.75) is 64.5 Å². The molecule has 1 aliphatic rings. The first-order valence-electron chi connectivity index (χ1n) is 7.93. The largest absolute Gasteiger partial charge is 0.349 e. The van der Waals surface area contributed by atoms with E-state index in [1.54, 1.807) is 6.07 Å². The van der Waals surface area contributed by atoms with Gasteiger partial charge in [0.05, 0.1) is 11.1 Å². The van der Waals surface area contributed by atoms with E-state index >= 15 is 0 Å². The fourth-order valence-corrected chi connectivity index (χ4v) is 2.62. The Balaban J connectivity index is 2.03. The molecule has 0 bridgehead atoms. The average Bonchev–Trinajstić information content (AvgIpc) is 2.46. The number of pyridine rings is 1. The average molecular weight is 303 g/mol. The highest BCUT2D eigenvalue weighted by atomic mass is 16.2. The molecule has 1 heterocycles. The first-order valence-corrected chi connectivity index (χ1v) is 7.93. The van der Waals surface area contributed by atoms with Gasteiger partial charge in [-0.3, -0.25) is 14.6 Å². The highest BCUT2D eigenvalue weighted by Gasteiger charge is 2.19. The summed E-state index contributed by atoms with van der Waals surface area (Å²) in [6.07, 6.45) is 8.63. The number of nitrogens with one attached hydrogen (secondary N) is 2. The van der Waals surface area contributed by atoms with Crippen LogP contribution in [0.25, 0.3) is 0 Å². The van der Waals surface area contributed by atoms with Gasteiger partial charge < -0.3 is 10.6 Å². The third kappa shape index (κ3) is 4.83. The molecule has 1 saturated carbocycles. The monoisotopic (exact) mass is 303 g/mol. The van der Waals surface area contributed by atoms with Crippen LogP contribution >= 0.6 is 0 Å². The fraction of sp³-hybridized carbons (Fsp3) is 0.588. The number of hydrogen-bond donors (Lipinski definition) is 2. The normalized spacial score (nSPS) is 16.1. The van der Waals surface area contributed by atoms with Crippen molar-refractivity contribution in [1.29, 1.82) is 0 Å². The lowest BCUT2D eigenvalue weighted by Gasteiger charge is -2.23. The Morgan fingerprint density at radius 1 is 1.05 bits per heavy atom. The first kappa shape index (κ1) is 16.5. The van der Waals surface area contributed by atoms with E-state index in [1.165, 1.54) is 18.8 Å². The van der Waals surface area contributed by atoms with Crippen LogP contribution in [0.3, 0.4) is 0 Å². The summed E-state index contributed by atoms with van der Waals surface area (Å²) in [5.74, 6) is -0.364. The molecular formula is C17H25N3O2. The Labute approximate surface area is 131 Å². The molecule has 0 radical (unpaired) electrons. The molecule has 0 atom stereocenters. The van der Waals surface area contributed by atoms with Gasteiger partial charge in [0.25, 0.3) is 11.8 Å². The number of rotatable bonds is 3. The van der Waals surface area contributed by atoms with Gasteiger partial charge in [-0.05, 0) is 39.7 Å². The van der Waals surface area contributed by atoms with Gasteiger partial charge in [-0.25, -0.2) is 0 Å². The second kappa shape index (κ2) is 6.90. The molecule has 120 valence electrons. The molecule has 0 spiro atoms. The maximum atomic E-state index is 12.3. The minimum atomic E-state index is -0.322. The van der Waals surface area contributed by atoms with Crippen molar-refractivity contribution in [1.82, 2.24) is 15.6 Å². The summed E-state index contributed by atoms with van der Waals surface area (Å²) in [7, 11) is 0. The molecule has 0 aliphatic heterocycles. The summed E-state index contributed by atoms with van der Waals surface area (Å²) in [6, 6.07) is 1.85. The summed E-state index contributed by atoms with van der Waals surface area (Å²) in [5.41, 5.74) is 0.524. The van der Waals surface area contributed by atoms with E-state index in [1.807, 2.05) is 20.8 Å². The highest BCUT2D eigenvalue weighted by Crippen LogP contribution is 2.18. The van der Waals surface area contributed by atoms with Crippen LogP contribution in [0.5, 0.6) is 0 Å². The summed E-state index contributed by atoms with van der Waals surface area (Å²) >= 11 is 0. The maximum Gasteiger partial charge on any atom is 0.253 e. The summed E-state index contributed by atoms with van der Waals surface area (Å²) in [4.78, 5) is 28.5. The topological polar surface area (TPSA) is 71.1 Å². The van der Waals surface area contributed by atoms with Crippen molar-refractivity contribution in [3.8, 4) is 0 Å². The van der Waals surface area contributed by atoms with Gasteiger partial charge in [-0.1, -0.05) is 19.3 Å². The van der Waals surface area contributed by atoms with E-state index in [9.17, 15) is 9.59 Å². The van der Waals surface area contributed by atoms with Gasteiger partial charge in [0.1, 0.15) is 0 Å². The lowest BCUT2D eigenvalue weighted by Crippen LogP contribution is -2.40. The molecule has 0 unspecified atom stereocenters. The molecule has 1 aromatic rings. The minimum absolute atomic E-state index is 0.148. The molecule has 2 N–H and O–H groups in total. The molecule has 1 fully saturated rings. The van der Waals surface area contributed by atoms with E-state index in [0.29, 0.717) is 11.1 Å². The first-order chi connectivity index (χ1) is 10.3. The number of nitrogens with zero attached hydrogens (tertiary/aromatic N) is 1. The van der Waals surface area contributed by atoms with E-state index in [2.05, 4.69) is 15.6 Å². The van der Waals surface area contributed by atoms with Crippen molar-refractivity contribution in [3.63, 3.8) is 0 Å². The standard InChI is InChI=1S/C17H25N3O2/c1-17(2,3)20-16(22)13-9-12(10-18-11-13)15(21)19-14-7-5-4-6-8-14/h9-11,14H,4-8H2,1-3H3,(H,19,21)(H,20,22). The van der Waals surface area contributed by atoms with Crippen LogP contribution in [0.2, 0.25) is 0 Å². The van der Waals surface area contributed by atoms with Gasteiger partial charge >= 0.3 is 0 Å². The lowest BCUT2D eigenvalue weighted by molar-refractivity contribution is 0.0919. The fourth-order valence-electron chi connectivity index (χ4n) is 2.62. The number of hydrogen-bond acceptors (Lipinski definition) is 3. The van der Waals surface area contributed by atoms with Gasteiger partial charge in [0, 0.05) is 24.0 Å². The van der Waals surface area contributed by atoms with Crippen LogP contribution in [0, 0.1) is 0 Å². The van der Waals surface area contributed by atoms with Crippen LogP contribution in [-0.2, 0) is 0 Å². The second-order valence-electron chi connectivity index (χ2n) is 6.97. The van der Waals surface area contributed by atoms with Crippen molar-refractivity contribution in [3.05, 3.63) is 29.6 Å². The smallest absolute Gasteiger partial charge is 0.253 e. The third-order valence-corrected chi connectivity index (χ3v) is 3.69. The zero-order valence-electron chi connectivity index (χ0n) is 13.6. The van der Waals surface area contributed by atoms with Crippen molar-refractivity contribution < 1.29 is 9.59 Å². The Kier molecular flexibility index (Phi) is 5.16. The van der Waals surface area contributed by atoms with Crippen LogP contribution in [-0.4, -0.2) is 28.4 Å². The third-order valence-electron chi connectivity index (χ3n) is 3.69. The SMILES string of the molecule is CC(C)(C)NC(=O)c1cncc(C(=O)NC2CCCCC2)c1. The molecule has 1 aliphatic carbocycles. The van der Waals surface area contributed by atoms with Crippen LogP contribution < -0.4 is 10.6 Å². The second-order valence-corrected chi connectivity index (χ2v) is 6.97. The predicted octanol–water partition coefficient (Wildman–Crippen LogP) is 2.67. The molecule has 0 aromatic carbocycles. The Bertz CT molecular complexity index is 543. The van der Waals surface area contributed by atoms with E-state index < -0.39 is 0 Å². The van der Waals surface area contributed by atoms with Gasteiger partial charge in [0.15, 0.2) is 0 Å². The highest BCUT2D eigenvalue weighted by molar-refractivity contribution is 5.99. The number of amides is 2. The molecule has 5 heteroatoms. The van der Waals surface area contributed by atoms with Crippen molar-refractivity contribution in [2.24, 2.45) is 0 Å². The van der Waals surface area contributed by atoms with Crippen LogP contribution in [0.1, 0.15) is 73.6 Å². The van der Waals surface area contributed by atoms with Gasteiger partial charge in [-0.2, -0.15) is 0 Å². The van der Waals surface area contributed by atoms with Crippen molar-refractivity contribution >= 4 is 11.8 Å². The molecule has 2 rings (SSSR count). The van der Waals surface area contributed by atoms with Crippen LogP contribution in [0.15, 0.2) is 18.5 Å². The van der Waals surface area contributed by atoms with Crippen LogP contribution in [0.4, 0.5) is 0 Å². The molecule has 1 aromatic heterocycles.